The molecule has 0 amide bonds. The quantitative estimate of drug-likeness (QED) is 0.597. The Kier molecular flexibility index (Phi) is 5.16. The van der Waals surface area contributed by atoms with E-state index in [4.69, 9.17) is 16.6 Å². The Hall–Kier alpha value is -2.69. The molecule has 0 saturated carbocycles. The molecule has 0 radical (unpaired) electrons. The number of phenolic OH excluding ortho intramolecular Hbond substituents is 1. The predicted octanol–water partition coefficient (Wildman–Crippen LogP) is 5.72. The molecule has 0 fully saturated rings. The number of aliphatic imine (C=N–C) groups is 1. The maximum Gasteiger partial charge on any atom is 0.131 e. The molecule has 0 spiro atoms. The van der Waals surface area contributed by atoms with Gasteiger partial charge in [0.15, 0.2) is 0 Å². The minimum atomic E-state index is -0.650. The number of aryl methyl sites for hydroxylation is 1. The molecular weight excluding hydrogens is 375 g/mol. The molecule has 4 rings (SSSR count). The number of phenols is 1. The number of hydrogen-bond donors (Lipinski definition) is 2. The van der Waals surface area contributed by atoms with Gasteiger partial charge in [-0.3, -0.25) is 10.3 Å². The first-order valence-electron chi connectivity index (χ1n) is 9.14. The van der Waals surface area contributed by atoms with Gasteiger partial charge in [-0.05, 0) is 30.7 Å². The summed E-state index contributed by atoms with van der Waals surface area (Å²) in [6, 6.07) is 19.7. The largest absolute Gasteiger partial charge is 0.508 e. The van der Waals surface area contributed by atoms with Gasteiger partial charge in [0.1, 0.15) is 17.7 Å². The molecule has 0 saturated heterocycles. The standard InChI is InChI=1S/C23H20ClFN2O/c1-14-9-11-15(12-10-14)19-13-20(16-5-2-3-8-21(16)28)27-23(26-19)22-17(24)6-4-7-18(22)25/h2-12,20,23,27-28H,13H2,1H3/t20-,23-/m1/s1. The number of benzene rings is 3. The van der Waals surface area contributed by atoms with Crippen LogP contribution in [0, 0.1) is 12.7 Å². The van der Waals surface area contributed by atoms with E-state index in [2.05, 4.69) is 5.32 Å². The van der Waals surface area contributed by atoms with Crippen LogP contribution in [0.5, 0.6) is 5.75 Å². The van der Waals surface area contributed by atoms with Crippen LogP contribution in [0.25, 0.3) is 0 Å². The fourth-order valence-corrected chi connectivity index (χ4v) is 3.80. The summed E-state index contributed by atoms with van der Waals surface area (Å²) in [5, 5.41) is 14.0. The Morgan fingerprint density at radius 1 is 1.04 bits per heavy atom. The summed E-state index contributed by atoms with van der Waals surface area (Å²) in [6.07, 6.45) is -0.0770. The minimum absolute atomic E-state index is 0.198. The maximum atomic E-state index is 14.6. The van der Waals surface area contributed by atoms with Gasteiger partial charge >= 0.3 is 0 Å². The van der Waals surface area contributed by atoms with Crippen LogP contribution < -0.4 is 5.32 Å². The van der Waals surface area contributed by atoms with Gasteiger partial charge in [0.05, 0.1) is 5.02 Å². The van der Waals surface area contributed by atoms with Gasteiger partial charge in [-0.15, -0.1) is 0 Å². The first-order chi connectivity index (χ1) is 13.5. The zero-order valence-electron chi connectivity index (χ0n) is 15.4. The molecule has 2 atom stereocenters. The van der Waals surface area contributed by atoms with E-state index in [1.807, 2.05) is 43.3 Å². The van der Waals surface area contributed by atoms with Crippen molar-refractivity contribution in [3.05, 3.63) is 99.8 Å². The van der Waals surface area contributed by atoms with Gasteiger partial charge in [0, 0.05) is 29.3 Å². The second kappa shape index (κ2) is 7.74. The van der Waals surface area contributed by atoms with Crippen LogP contribution in [0.4, 0.5) is 4.39 Å². The van der Waals surface area contributed by atoms with Crippen LogP contribution in [-0.2, 0) is 0 Å². The second-order valence-corrected chi connectivity index (χ2v) is 7.37. The number of hydrogen-bond acceptors (Lipinski definition) is 3. The highest BCUT2D eigenvalue weighted by Crippen LogP contribution is 2.36. The van der Waals surface area contributed by atoms with Crippen molar-refractivity contribution in [2.75, 3.05) is 0 Å². The van der Waals surface area contributed by atoms with Crippen molar-refractivity contribution >= 4 is 17.3 Å². The van der Waals surface area contributed by atoms with Gasteiger partial charge in [-0.1, -0.05) is 65.7 Å². The predicted molar refractivity (Wildman–Crippen MR) is 110 cm³/mol. The highest BCUT2D eigenvalue weighted by molar-refractivity contribution is 6.31. The molecule has 1 aliphatic rings. The van der Waals surface area contributed by atoms with Crippen molar-refractivity contribution in [3.8, 4) is 5.75 Å². The zero-order chi connectivity index (χ0) is 19.7. The monoisotopic (exact) mass is 394 g/mol. The molecule has 0 bridgehead atoms. The van der Waals surface area contributed by atoms with Crippen molar-refractivity contribution in [2.45, 2.75) is 25.6 Å². The lowest BCUT2D eigenvalue weighted by Crippen LogP contribution is -2.33. The number of para-hydroxylation sites is 1. The molecule has 1 aliphatic heterocycles. The Morgan fingerprint density at radius 2 is 1.79 bits per heavy atom. The second-order valence-electron chi connectivity index (χ2n) is 6.96. The van der Waals surface area contributed by atoms with Crippen molar-refractivity contribution in [3.63, 3.8) is 0 Å². The summed E-state index contributed by atoms with van der Waals surface area (Å²) in [6.45, 7) is 2.03. The normalized spacial score (nSPS) is 19.3. The van der Waals surface area contributed by atoms with Crippen LogP contribution in [0.3, 0.4) is 0 Å². The molecular formula is C23H20ClFN2O. The Morgan fingerprint density at radius 3 is 2.50 bits per heavy atom. The molecule has 1 heterocycles. The van der Waals surface area contributed by atoms with Gasteiger partial charge in [-0.25, -0.2) is 4.39 Å². The Balaban J connectivity index is 1.81. The van der Waals surface area contributed by atoms with Crippen molar-refractivity contribution < 1.29 is 9.50 Å². The third-order valence-corrected chi connectivity index (χ3v) is 5.34. The lowest BCUT2D eigenvalue weighted by Gasteiger charge is -2.31. The lowest BCUT2D eigenvalue weighted by atomic mass is 9.93. The van der Waals surface area contributed by atoms with Crippen LogP contribution in [-0.4, -0.2) is 10.8 Å². The van der Waals surface area contributed by atoms with Gasteiger partial charge < -0.3 is 5.11 Å². The molecule has 3 nitrogen and oxygen atoms in total. The summed E-state index contributed by atoms with van der Waals surface area (Å²) < 4.78 is 14.6. The summed E-state index contributed by atoms with van der Waals surface area (Å²) in [5.74, 6) is -0.210. The summed E-state index contributed by atoms with van der Waals surface area (Å²) >= 11 is 6.30. The molecule has 0 unspecified atom stereocenters. The molecule has 0 aliphatic carbocycles. The van der Waals surface area contributed by atoms with Crippen LogP contribution >= 0.6 is 11.6 Å². The first-order valence-corrected chi connectivity index (χ1v) is 9.52. The third kappa shape index (κ3) is 3.66. The van der Waals surface area contributed by atoms with E-state index < -0.39 is 12.0 Å². The van der Waals surface area contributed by atoms with E-state index in [-0.39, 0.29) is 11.8 Å². The number of nitrogens with zero attached hydrogens (tertiary/aromatic N) is 1. The van der Waals surface area contributed by atoms with Crippen molar-refractivity contribution in [2.24, 2.45) is 4.99 Å². The minimum Gasteiger partial charge on any atom is -0.508 e. The van der Waals surface area contributed by atoms with E-state index in [0.29, 0.717) is 17.0 Å². The number of rotatable bonds is 3. The maximum absolute atomic E-state index is 14.6. The van der Waals surface area contributed by atoms with Crippen LogP contribution in [0.1, 0.15) is 40.9 Å². The molecule has 3 aromatic carbocycles. The van der Waals surface area contributed by atoms with Crippen LogP contribution in [0.15, 0.2) is 71.7 Å². The molecule has 5 heteroatoms. The highest BCUT2D eigenvalue weighted by Gasteiger charge is 2.30. The first kappa shape index (κ1) is 18.7. The third-order valence-electron chi connectivity index (χ3n) is 5.01. The van der Waals surface area contributed by atoms with Crippen LogP contribution in [0.2, 0.25) is 5.02 Å². The average Bonchev–Trinajstić information content (AvgIpc) is 2.68. The molecule has 3 aromatic rings. The molecule has 0 aromatic heterocycles. The fraction of sp³-hybridized carbons (Fsp3) is 0.174. The molecule has 2 N–H and O–H groups in total. The summed E-state index contributed by atoms with van der Waals surface area (Å²) in [5.41, 5.74) is 4.04. The zero-order valence-corrected chi connectivity index (χ0v) is 16.1. The Labute approximate surface area is 168 Å². The van der Waals surface area contributed by atoms with Gasteiger partial charge in [0.2, 0.25) is 0 Å². The lowest BCUT2D eigenvalue weighted by molar-refractivity contribution is 0.405. The summed E-state index contributed by atoms with van der Waals surface area (Å²) in [7, 11) is 0. The van der Waals surface area contributed by atoms with E-state index in [1.54, 1.807) is 24.3 Å². The number of nitrogens with one attached hydrogen (secondary N) is 1. The van der Waals surface area contributed by atoms with Crippen molar-refractivity contribution in [1.29, 1.82) is 0 Å². The average molecular weight is 395 g/mol. The fourth-order valence-electron chi connectivity index (χ4n) is 3.53. The SMILES string of the molecule is Cc1ccc(C2=N[C@@H](c3c(F)cccc3Cl)N[C@@H](c3ccccc3O)C2)cc1. The summed E-state index contributed by atoms with van der Waals surface area (Å²) in [4.78, 5) is 4.78. The van der Waals surface area contributed by atoms with E-state index in [0.717, 1.165) is 22.4 Å². The number of halogens is 2. The number of aromatic hydroxyl groups is 1. The molecule has 142 valence electrons. The highest BCUT2D eigenvalue weighted by atomic mass is 35.5. The van der Waals surface area contributed by atoms with Crippen molar-refractivity contribution in [1.82, 2.24) is 5.32 Å². The smallest absolute Gasteiger partial charge is 0.131 e. The van der Waals surface area contributed by atoms with E-state index >= 15 is 0 Å². The van der Waals surface area contributed by atoms with E-state index in [1.165, 1.54) is 6.07 Å². The van der Waals surface area contributed by atoms with Gasteiger partial charge in [0.25, 0.3) is 0 Å². The van der Waals surface area contributed by atoms with Gasteiger partial charge in [-0.2, -0.15) is 0 Å². The topological polar surface area (TPSA) is 44.6 Å². The molecule has 28 heavy (non-hydrogen) atoms. The Bertz CT molecular complexity index is 1010. The van der Waals surface area contributed by atoms with E-state index in [9.17, 15) is 9.50 Å².